The molecule has 0 aliphatic heterocycles. The Balaban J connectivity index is 1.77. The first-order valence-corrected chi connectivity index (χ1v) is 11.5. The highest BCUT2D eigenvalue weighted by atomic mass is 35.5. The van der Waals surface area contributed by atoms with E-state index >= 15 is 0 Å². The number of rotatable bonds is 9. The lowest BCUT2D eigenvalue weighted by molar-refractivity contribution is 0.0950. The minimum atomic E-state index is -4.00. The zero-order valence-electron chi connectivity index (χ0n) is 17.5. The molecule has 8 nitrogen and oxygen atoms in total. The van der Waals surface area contributed by atoms with Crippen LogP contribution in [0.2, 0.25) is 5.02 Å². The van der Waals surface area contributed by atoms with Crippen molar-refractivity contribution < 1.29 is 22.7 Å². The van der Waals surface area contributed by atoms with Crippen LogP contribution < -0.4 is 19.5 Å². The van der Waals surface area contributed by atoms with Crippen LogP contribution in [0.15, 0.2) is 65.7 Å². The van der Waals surface area contributed by atoms with Gasteiger partial charge in [-0.05, 0) is 49.4 Å². The molecule has 0 saturated carbocycles. The summed E-state index contributed by atoms with van der Waals surface area (Å²) in [6.07, 6.45) is 1.60. The standard InChI is InChI=1S/C22H22ClN3O5S/c1-3-31-22-16(7-5-11-24-22)14-25-21(27)15-6-4-8-18(12-15)32(28,29)26-19-13-17(23)9-10-20(19)30-2/h4-13,26H,3,14H2,1-2H3,(H,25,27). The maximum atomic E-state index is 12.9. The number of sulfonamides is 1. The normalized spacial score (nSPS) is 11.0. The van der Waals surface area contributed by atoms with Crippen LogP contribution >= 0.6 is 11.6 Å². The monoisotopic (exact) mass is 475 g/mol. The number of methoxy groups -OCH3 is 1. The summed E-state index contributed by atoms with van der Waals surface area (Å²) in [4.78, 5) is 16.7. The van der Waals surface area contributed by atoms with Crippen LogP contribution in [0.1, 0.15) is 22.8 Å². The Labute approximate surface area is 191 Å². The van der Waals surface area contributed by atoms with Crippen LogP contribution in [0.3, 0.4) is 0 Å². The van der Waals surface area contributed by atoms with Gasteiger partial charge in [0.25, 0.3) is 15.9 Å². The van der Waals surface area contributed by atoms with E-state index in [0.29, 0.717) is 28.8 Å². The molecule has 3 aromatic rings. The van der Waals surface area contributed by atoms with Crippen molar-refractivity contribution in [1.29, 1.82) is 0 Å². The molecular weight excluding hydrogens is 454 g/mol. The summed E-state index contributed by atoms with van der Waals surface area (Å²) >= 11 is 5.97. The molecule has 1 aromatic heterocycles. The molecule has 0 aliphatic carbocycles. The molecule has 2 aromatic carbocycles. The zero-order valence-corrected chi connectivity index (χ0v) is 19.0. The smallest absolute Gasteiger partial charge is 0.262 e. The highest BCUT2D eigenvalue weighted by Gasteiger charge is 2.19. The summed E-state index contributed by atoms with van der Waals surface area (Å²) in [6, 6.07) is 13.8. The van der Waals surface area contributed by atoms with E-state index in [2.05, 4.69) is 15.0 Å². The van der Waals surface area contributed by atoms with Crippen molar-refractivity contribution in [2.45, 2.75) is 18.4 Å². The Morgan fingerprint density at radius 2 is 1.94 bits per heavy atom. The number of anilines is 1. The minimum absolute atomic E-state index is 0.0800. The molecule has 0 spiro atoms. The molecule has 0 saturated heterocycles. The lowest BCUT2D eigenvalue weighted by Gasteiger charge is -2.13. The fraction of sp³-hybridized carbons (Fsp3) is 0.182. The zero-order chi connectivity index (χ0) is 23.1. The minimum Gasteiger partial charge on any atom is -0.495 e. The van der Waals surface area contributed by atoms with Gasteiger partial charge in [0.1, 0.15) is 5.75 Å². The SMILES string of the molecule is CCOc1ncccc1CNC(=O)c1cccc(S(=O)(=O)Nc2cc(Cl)ccc2OC)c1. The van der Waals surface area contributed by atoms with Crippen LogP contribution in [-0.4, -0.2) is 33.0 Å². The second-order valence-corrected chi connectivity index (χ2v) is 8.68. The third-order valence-electron chi connectivity index (χ3n) is 4.38. The van der Waals surface area contributed by atoms with Crippen molar-refractivity contribution in [3.05, 3.63) is 76.9 Å². The molecule has 1 heterocycles. The molecule has 10 heteroatoms. The van der Waals surface area contributed by atoms with Crippen LogP contribution in [0, 0.1) is 0 Å². The molecule has 168 valence electrons. The summed E-state index contributed by atoms with van der Waals surface area (Å²) in [7, 11) is -2.58. The third kappa shape index (κ3) is 5.68. The summed E-state index contributed by atoms with van der Waals surface area (Å²) in [5.74, 6) is 0.313. The van der Waals surface area contributed by atoms with Crippen molar-refractivity contribution in [2.24, 2.45) is 0 Å². The predicted octanol–water partition coefficient (Wildman–Crippen LogP) is 3.87. The predicted molar refractivity (Wildman–Crippen MR) is 122 cm³/mol. The first-order valence-electron chi connectivity index (χ1n) is 9.65. The first kappa shape index (κ1) is 23.4. The highest BCUT2D eigenvalue weighted by Crippen LogP contribution is 2.30. The molecule has 0 bridgehead atoms. The number of halogens is 1. The fourth-order valence-corrected chi connectivity index (χ4v) is 4.15. The van der Waals surface area contributed by atoms with Gasteiger partial charge in [0, 0.05) is 28.9 Å². The second-order valence-electron chi connectivity index (χ2n) is 6.56. The summed E-state index contributed by atoms with van der Waals surface area (Å²) in [5.41, 5.74) is 1.09. The number of nitrogens with one attached hydrogen (secondary N) is 2. The Bertz CT molecular complexity index is 1220. The Kier molecular flexibility index (Phi) is 7.55. The van der Waals surface area contributed by atoms with Gasteiger partial charge >= 0.3 is 0 Å². The maximum Gasteiger partial charge on any atom is 0.262 e. The fourth-order valence-electron chi connectivity index (χ4n) is 2.87. The number of hydrogen-bond acceptors (Lipinski definition) is 6. The Morgan fingerprint density at radius 1 is 1.12 bits per heavy atom. The van der Waals surface area contributed by atoms with Gasteiger partial charge in [0.15, 0.2) is 0 Å². The van der Waals surface area contributed by atoms with Crippen molar-refractivity contribution in [1.82, 2.24) is 10.3 Å². The van der Waals surface area contributed by atoms with Gasteiger partial charge in [-0.15, -0.1) is 0 Å². The molecule has 32 heavy (non-hydrogen) atoms. The van der Waals surface area contributed by atoms with E-state index in [1.54, 1.807) is 30.5 Å². The lowest BCUT2D eigenvalue weighted by Crippen LogP contribution is -2.24. The van der Waals surface area contributed by atoms with Gasteiger partial charge in [0.05, 0.1) is 24.3 Å². The van der Waals surface area contributed by atoms with Crippen molar-refractivity contribution in [3.63, 3.8) is 0 Å². The van der Waals surface area contributed by atoms with Gasteiger partial charge in [-0.1, -0.05) is 23.7 Å². The van der Waals surface area contributed by atoms with E-state index in [9.17, 15) is 13.2 Å². The van der Waals surface area contributed by atoms with Gasteiger partial charge in [-0.3, -0.25) is 9.52 Å². The maximum absolute atomic E-state index is 12.9. The molecular formula is C22H22ClN3O5S. The van der Waals surface area contributed by atoms with E-state index < -0.39 is 15.9 Å². The van der Waals surface area contributed by atoms with Gasteiger partial charge in [-0.2, -0.15) is 0 Å². The average Bonchev–Trinajstić information content (AvgIpc) is 2.78. The van der Waals surface area contributed by atoms with E-state index in [-0.39, 0.29) is 22.7 Å². The van der Waals surface area contributed by atoms with E-state index in [1.165, 1.54) is 37.4 Å². The Hall–Kier alpha value is -3.30. The van der Waals surface area contributed by atoms with Gasteiger partial charge < -0.3 is 14.8 Å². The number of ether oxygens (including phenoxy) is 2. The molecule has 2 N–H and O–H groups in total. The van der Waals surface area contributed by atoms with Crippen LogP contribution in [0.25, 0.3) is 0 Å². The molecule has 0 atom stereocenters. The number of amides is 1. The number of benzene rings is 2. The molecule has 1 amide bonds. The Morgan fingerprint density at radius 3 is 2.69 bits per heavy atom. The number of hydrogen-bond donors (Lipinski definition) is 2. The number of nitrogens with zero attached hydrogens (tertiary/aromatic N) is 1. The second kappa shape index (κ2) is 10.3. The van der Waals surface area contributed by atoms with Crippen LogP contribution in [0.4, 0.5) is 5.69 Å². The molecule has 0 fully saturated rings. The average molecular weight is 476 g/mol. The van der Waals surface area contributed by atoms with Crippen molar-refractivity contribution in [3.8, 4) is 11.6 Å². The topological polar surface area (TPSA) is 107 Å². The summed E-state index contributed by atoms with van der Waals surface area (Å²) in [5, 5.41) is 3.10. The van der Waals surface area contributed by atoms with Crippen molar-refractivity contribution in [2.75, 3.05) is 18.4 Å². The summed E-state index contributed by atoms with van der Waals surface area (Å²) in [6.45, 7) is 2.47. The molecule has 0 aliphatic rings. The lowest BCUT2D eigenvalue weighted by atomic mass is 10.2. The quantitative estimate of drug-likeness (QED) is 0.486. The van der Waals surface area contributed by atoms with Crippen LogP contribution in [-0.2, 0) is 16.6 Å². The molecule has 0 radical (unpaired) electrons. The van der Waals surface area contributed by atoms with Gasteiger partial charge in [0.2, 0.25) is 5.88 Å². The number of pyridine rings is 1. The van der Waals surface area contributed by atoms with Gasteiger partial charge in [-0.25, -0.2) is 13.4 Å². The largest absolute Gasteiger partial charge is 0.495 e. The van der Waals surface area contributed by atoms with E-state index in [4.69, 9.17) is 21.1 Å². The van der Waals surface area contributed by atoms with E-state index in [1.807, 2.05) is 6.92 Å². The highest BCUT2D eigenvalue weighted by molar-refractivity contribution is 7.92. The first-order chi connectivity index (χ1) is 15.3. The number of aromatic nitrogens is 1. The molecule has 3 rings (SSSR count). The number of carbonyl (C=O) groups excluding carboxylic acids is 1. The van der Waals surface area contributed by atoms with Crippen molar-refractivity contribution >= 4 is 33.2 Å². The van der Waals surface area contributed by atoms with E-state index in [0.717, 1.165) is 0 Å². The summed E-state index contributed by atoms with van der Waals surface area (Å²) < 4.78 is 38.9. The number of carbonyl (C=O) groups is 1. The van der Waals surface area contributed by atoms with Crippen LogP contribution in [0.5, 0.6) is 11.6 Å². The molecule has 0 unspecified atom stereocenters. The third-order valence-corrected chi connectivity index (χ3v) is 5.98.